The number of carboxylic acid groups (broad SMARTS) is 1. The molecule has 0 unspecified atom stereocenters. The van der Waals surface area contributed by atoms with Crippen molar-refractivity contribution in [3.63, 3.8) is 0 Å². The number of fused-ring (bicyclic) bond motifs is 1. The number of carbonyl (C=O) groups excluding carboxylic acids is 1. The monoisotopic (exact) mass is 334 g/mol. The van der Waals surface area contributed by atoms with Crippen molar-refractivity contribution in [2.24, 2.45) is 0 Å². The first-order valence-electron chi connectivity index (χ1n) is 5.43. The van der Waals surface area contributed by atoms with Crippen LogP contribution in [0.15, 0.2) is 18.2 Å². The van der Waals surface area contributed by atoms with E-state index in [-0.39, 0.29) is 10.1 Å². The number of hydrogen-bond acceptors (Lipinski definition) is 5. The SMILES string of the molecule is O=C(O)c1sc2ccc([N+](=O)[O-])cc2c1NC(=O)C(F)(F)F. The smallest absolute Gasteiger partial charge is 0.471 e. The van der Waals surface area contributed by atoms with Gasteiger partial charge in [0.05, 0.1) is 10.6 Å². The molecule has 116 valence electrons. The number of carbonyl (C=O) groups is 2. The van der Waals surface area contributed by atoms with Crippen LogP contribution in [0.3, 0.4) is 0 Å². The molecule has 1 amide bonds. The number of halogens is 3. The van der Waals surface area contributed by atoms with Crippen LogP contribution >= 0.6 is 11.3 Å². The van der Waals surface area contributed by atoms with Crippen LogP contribution in [0.5, 0.6) is 0 Å². The van der Waals surface area contributed by atoms with Crippen molar-refractivity contribution in [2.75, 3.05) is 5.32 Å². The number of aromatic carboxylic acids is 1. The second kappa shape index (κ2) is 5.26. The number of amides is 1. The van der Waals surface area contributed by atoms with Gasteiger partial charge >= 0.3 is 18.1 Å². The van der Waals surface area contributed by atoms with Gasteiger partial charge in [-0.15, -0.1) is 11.3 Å². The lowest BCUT2D eigenvalue weighted by Crippen LogP contribution is -2.30. The fraction of sp³-hybridized carbons (Fsp3) is 0.0909. The van der Waals surface area contributed by atoms with E-state index in [0.29, 0.717) is 11.3 Å². The van der Waals surface area contributed by atoms with Crippen molar-refractivity contribution in [1.82, 2.24) is 0 Å². The van der Waals surface area contributed by atoms with Gasteiger partial charge in [-0.05, 0) is 6.07 Å². The zero-order valence-electron chi connectivity index (χ0n) is 10.3. The van der Waals surface area contributed by atoms with Crippen molar-refractivity contribution < 1.29 is 32.8 Å². The van der Waals surface area contributed by atoms with Crippen molar-refractivity contribution >= 4 is 44.7 Å². The normalized spacial score (nSPS) is 11.4. The van der Waals surface area contributed by atoms with Gasteiger partial charge in [-0.1, -0.05) is 0 Å². The minimum absolute atomic E-state index is 0.144. The molecule has 0 fully saturated rings. The average molecular weight is 334 g/mol. The first-order chi connectivity index (χ1) is 10.1. The van der Waals surface area contributed by atoms with Crippen molar-refractivity contribution in [1.29, 1.82) is 0 Å². The summed E-state index contributed by atoms with van der Waals surface area (Å²) >= 11 is 0.601. The number of nitrogens with zero attached hydrogens (tertiary/aromatic N) is 1. The summed E-state index contributed by atoms with van der Waals surface area (Å²) in [5.74, 6) is -3.91. The quantitative estimate of drug-likeness (QED) is 0.662. The highest BCUT2D eigenvalue weighted by molar-refractivity contribution is 7.21. The molecule has 0 saturated heterocycles. The van der Waals surface area contributed by atoms with Crippen LogP contribution in [-0.2, 0) is 4.79 Å². The van der Waals surface area contributed by atoms with E-state index in [0.717, 1.165) is 12.1 Å². The van der Waals surface area contributed by atoms with Gasteiger partial charge in [-0.25, -0.2) is 4.79 Å². The maximum atomic E-state index is 12.3. The standard InChI is InChI=1S/C11H5F3N2O5S/c12-11(13,14)10(19)15-7-5-3-4(16(20)21)1-2-6(5)22-8(7)9(17)18/h1-3H,(H,15,19)(H,17,18). The molecule has 1 heterocycles. The Balaban J connectivity index is 2.64. The largest absolute Gasteiger partial charge is 0.477 e. The lowest BCUT2D eigenvalue weighted by Gasteiger charge is -2.08. The molecule has 11 heteroatoms. The lowest BCUT2D eigenvalue weighted by atomic mass is 10.2. The zero-order chi connectivity index (χ0) is 16.7. The second-order valence-corrected chi connectivity index (χ2v) is 5.05. The molecule has 22 heavy (non-hydrogen) atoms. The Kier molecular flexibility index (Phi) is 3.75. The van der Waals surface area contributed by atoms with Crippen LogP contribution in [0.25, 0.3) is 10.1 Å². The Labute approximate surface area is 123 Å². The Morgan fingerprint density at radius 3 is 2.45 bits per heavy atom. The summed E-state index contributed by atoms with van der Waals surface area (Å²) in [5.41, 5.74) is -1.05. The highest BCUT2D eigenvalue weighted by Crippen LogP contribution is 2.38. The number of hydrogen-bond donors (Lipinski definition) is 2. The molecule has 0 radical (unpaired) electrons. The number of anilines is 1. The molecular formula is C11H5F3N2O5S. The fourth-order valence-electron chi connectivity index (χ4n) is 1.66. The van der Waals surface area contributed by atoms with Crippen molar-refractivity contribution in [3.8, 4) is 0 Å². The van der Waals surface area contributed by atoms with E-state index in [9.17, 15) is 32.9 Å². The highest BCUT2D eigenvalue weighted by atomic mass is 32.1. The third-order valence-corrected chi connectivity index (χ3v) is 3.73. The van der Waals surface area contributed by atoms with Gasteiger partial charge in [0, 0.05) is 22.2 Å². The maximum absolute atomic E-state index is 12.3. The minimum atomic E-state index is -5.22. The third-order valence-electron chi connectivity index (χ3n) is 2.57. The summed E-state index contributed by atoms with van der Waals surface area (Å²) in [5, 5.41) is 21.0. The maximum Gasteiger partial charge on any atom is 0.471 e. The van der Waals surface area contributed by atoms with E-state index < -0.39 is 39.2 Å². The minimum Gasteiger partial charge on any atom is -0.477 e. The Morgan fingerprint density at radius 1 is 1.32 bits per heavy atom. The number of alkyl halides is 3. The molecule has 2 rings (SSSR count). The molecule has 2 aromatic rings. The predicted molar refractivity (Wildman–Crippen MR) is 70.1 cm³/mol. The van der Waals surface area contributed by atoms with Crippen LogP contribution in [0.4, 0.5) is 24.5 Å². The number of rotatable bonds is 3. The summed E-state index contributed by atoms with van der Waals surface area (Å²) in [6, 6.07) is 3.19. The number of carboxylic acids is 1. The van der Waals surface area contributed by atoms with E-state index in [1.807, 2.05) is 0 Å². The van der Waals surface area contributed by atoms with Crippen molar-refractivity contribution in [2.45, 2.75) is 6.18 Å². The number of nitro benzene ring substituents is 1. The first kappa shape index (κ1) is 15.7. The number of nitrogens with one attached hydrogen (secondary N) is 1. The first-order valence-corrected chi connectivity index (χ1v) is 6.25. The van der Waals surface area contributed by atoms with E-state index in [1.54, 1.807) is 0 Å². The Bertz CT molecular complexity index is 799. The van der Waals surface area contributed by atoms with Crippen LogP contribution in [-0.4, -0.2) is 28.1 Å². The molecule has 0 spiro atoms. The Morgan fingerprint density at radius 2 is 1.95 bits per heavy atom. The topological polar surface area (TPSA) is 110 Å². The summed E-state index contributed by atoms with van der Waals surface area (Å²) in [4.78, 5) is 31.5. The van der Waals surface area contributed by atoms with E-state index in [1.165, 1.54) is 11.4 Å². The summed E-state index contributed by atoms with van der Waals surface area (Å²) < 4.78 is 37.1. The van der Waals surface area contributed by atoms with E-state index >= 15 is 0 Å². The van der Waals surface area contributed by atoms with Gasteiger partial charge in [-0.3, -0.25) is 14.9 Å². The van der Waals surface area contributed by atoms with Gasteiger partial charge in [-0.2, -0.15) is 13.2 Å². The van der Waals surface area contributed by atoms with Gasteiger partial charge in [0.2, 0.25) is 0 Å². The average Bonchev–Trinajstić information content (AvgIpc) is 2.76. The number of thiophene rings is 1. The molecule has 1 aromatic carbocycles. The van der Waals surface area contributed by atoms with Gasteiger partial charge in [0.25, 0.3) is 5.69 Å². The molecule has 2 N–H and O–H groups in total. The van der Waals surface area contributed by atoms with Crippen molar-refractivity contribution in [3.05, 3.63) is 33.2 Å². The molecule has 0 aliphatic carbocycles. The molecule has 0 atom stereocenters. The Hall–Kier alpha value is -2.69. The lowest BCUT2D eigenvalue weighted by molar-refractivity contribution is -0.384. The fourth-order valence-corrected chi connectivity index (χ4v) is 2.64. The zero-order valence-corrected chi connectivity index (χ0v) is 11.1. The van der Waals surface area contributed by atoms with E-state index in [2.05, 4.69) is 0 Å². The predicted octanol–water partition coefficient (Wildman–Crippen LogP) is 3.01. The summed E-state index contributed by atoms with van der Waals surface area (Å²) in [7, 11) is 0. The molecule has 7 nitrogen and oxygen atoms in total. The third kappa shape index (κ3) is 2.83. The molecule has 0 saturated carbocycles. The number of benzene rings is 1. The van der Waals surface area contributed by atoms with Crippen LogP contribution < -0.4 is 5.32 Å². The second-order valence-electron chi connectivity index (χ2n) is 4.00. The van der Waals surface area contributed by atoms with Gasteiger partial charge in [0.1, 0.15) is 4.88 Å². The van der Waals surface area contributed by atoms with E-state index in [4.69, 9.17) is 5.11 Å². The highest BCUT2D eigenvalue weighted by Gasteiger charge is 2.40. The van der Waals surface area contributed by atoms with Gasteiger partial charge < -0.3 is 10.4 Å². The van der Waals surface area contributed by atoms with Crippen LogP contribution in [0, 0.1) is 10.1 Å². The number of nitro groups is 1. The molecular weight excluding hydrogens is 329 g/mol. The molecule has 0 bridgehead atoms. The van der Waals surface area contributed by atoms with Crippen LogP contribution in [0.1, 0.15) is 9.67 Å². The molecule has 0 aliphatic heterocycles. The van der Waals surface area contributed by atoms with Crippen LogP contribution in [0.2, 0.25) is 0 Å². The summed E-state index contributed by atoms with van der Waals surface area (Å²) in [6.07, 6.45) is -5.22. The van der Waals surface area contributed by atoms with Gasteiger partial charge in [0.15, 0.2) is 0 Å². The molecule has 0 aliphatic rings. The summed E-state index contributed by atoms with van der Waals surface area (Å²) in [6.45, 7) is 0. The number of non-ortho nitro benzene ring substituents is 1. The molecule has 1 aromatic heterocycles.